The van der Waals surface area contributed by atoms with Gasteiger partial charge >= 0.3 is 7.82 Å². The monoisotopic (exact) mass is 281 g/mol. The lowest BCUT2D eigenvalue weighted by atomic mass is 10.2. The van der Waals surface area contributed by atoms with E-state index in [1.807, 2.05) is 24.3 Å². The van der Waals surface area contributed by atoms with Gasteiger partial charge in [0.05, 0.1) is 24.9 Å². The maximum Gasteiger partial charge on any atom is 0.530 e. The van der Waals surface area contributed by atoms with Crippen LogP contribution in [0.2, 0.25) is 0 Å². The number of benzene rings is 1. The van der Waals surface area contributed by atoms with Crippen LogP contribution in [0.15, 0.2) is 36.5 Å². The molecule has 5 nitrogen and oxygen atoms in total. The van der Waals surface area contributed by atoms with Crippen molar-refractivity contribution in [2.45, 2.75) is 13.8 Å². The van der Waals surface area contributed by atoms with Crippen LogP contribution in [-0.4, -0.2) is 18.2 Å². The molecule has 0 aliphatic heterocycles. The zero-order valence-corrected chi connectivity index (χ0v) is 11.8. The number of hydrogen-bond donors (Lipinski definition) is 0. The molecular formula is C13H16NO4P. The van der Waals surface area contributed by atoms with E-state index >= 15 is 0 Å². The molecule has 102 valence electrons. The van der Waals surface area contributed by atoms with E-state index in [0.29, 0.717) is 5.75 Å². The van der Waals surface area contributed by atoms with Crippen molar-refractivity contribution >= 4 is 18.7 Å². The van der Waals surface area contributed by atoms with Crippen molar-refractivity contribution in [3.63, 3.8) is 0 Å². The van der Waals surface area contributed by atoms with Gasteiger partial charge in [0.2, 0.25) is 0 Å². The van der Waals surface area contributed by atoms with Gasteiger partial charge in [0.1, 0.15) is 5.75 Å². The summed E-state index contributed by atoms with van der Waals surface area (Å²) in [5, 5.41) is 0.902. The van der Waals surface area contributed by atoms with Crippen molar-refractivity contribution < 1.29 is 18.1 Å². The van der Waals surface area contributed by atoms with Crippen LogP contribution in [-0.2, 0) is 13.6 Å². The predicted molar refractivity (Wildman–Crippen MR) is 73.2 cm³/mol. The molecule has 2 aromatic rings. The molecule has 0 unspecified atom stereocenters. The van der Waals surface area contributed by atoms with E-state index in [9.17, 15) is 4.57 Å². The third-order valence-electron chi connectivity index (χ3n) is 2.36. The van der Waals surface area contributed by atoms with E-state index < -0.39 is 7.82 Å². The second-order valence-corrected chi connectivity index (χ2v) is 5.33. The Bertz CT molecular complexity index is 592. The number of phosphoric acid groups is 1. The van der Waals surface area contributed by atoms with Crippen LogP contribution in [0.25, 0.3) is 10.9 Å². The van der Waals surface area contributed by atoms with Crippen LogP contribution >= 0.6 is 7.82 Å². The molecule has 0 bridgehead atoms. The third-order valence-corrected chi connectivity index (χ3v) is 3.94. The lowest BCUT2D eigenvalue weighted by Gasteiger charge is -2.16. The summed E-state index contributed by atoms with van der Waals surface area (Å²) < 4.78 is 27.7. The summed E-state index contributed by atoms with van der Waals surface area (Å²) in [4.78, 5) is 4.23. The van der Waals surface area contributed by atoms with E-state index in [-0.39, 0.29) is 13.2 Å². The van der Waals surface area contributed by atoms with E-state index in [0.717, 1.165) is 10.9 Å². The summed E-state index contributed by atoms with van der Waals surface area (Å²) in [5.41, 5.74) is 0.845. The molecule has 0 aliphatic rings. The number of pyridine rings is 1. The molecule has 0 fully saturated rings. The highest BCUT2D eigenvalue weighted by Crippen LogP contribution is 2.49. The van der Waals surface area contributed by atoms with Crippen LogP contribution in [0.4, 0.5) is 0 Å². The maximum atomic E-state index is 12.2. The van der Waals surface area contributed by atoms with E-state index in [1.54, 1.807) is 19.9 Å². The molecule has 2 rings (SSSR count). The fraction of sp³-hybridized carbons (Fsp3) is 0.308. The fourth-order valence-corrected chi connectivity index (χ4v) is 2.81. The Morgan fingerprint density at radius 3 is 2.53 bits per heavy atom. The minimum absolute atomic E-state index is 0.248. The highest BCUT2D eigenvalue weighted by atomic mass is 31.2. The SMILES string of the molecule is CCOP(=O)(OCC)Oc1cnc2ccccc2c1. The summed E-state index contributed by atoms with van der Waals surface area (Å²) in [7, 11) is -3.56. The molecular weight excluding hydrogens is 265 g/mol. The quantitative estimate of drug-likeness (QED) is 0.754. The van der Waals surface area contributed by atoms with Gasteiger partial charge in [-0.05, 0) is 26.0 Å². The van der Waals surface area contributed by atoms with Gasteiger partial charge in [-0.1, -0.05) is 18.2 Å². The lowest BCUT2D eigenvalue weighted by Crippen LogP contribution is -2.02. The van der Waals surface area contributed by atoms with Crippen molar-refractivity contribution in [2.75, 3.05) is 13.2 Å². The normalized spacial score (nSPS) is 11.7. The Kier molecular flexibility index (Phi) is 4.53. The molecule has 19 heavy (non-hydrogen) atoms. The van der Waals surface area contributed by atoms with E-state index in [4.69, 9.17) is 13.6 Å². The summed E-state index contributed by atoms with van der Waals surface area (Å²) in [6, 6.07) is 9.36. The number of hydrogen-bond acceptors (Lipinski definition) is 5. The van der Waals surface area contributed by atoms with E-state index in [1.165, 1.54) is 6.20 Å². The average Bonchev–Trinajstić information content (AvgIpc) is 2.39. The highest BCUT2D eigenvalue weighted by molar-refractivity contribution is 7.48. The van der Waals surface area contributed by atoms with Crippen LogP contribution in [0.5, 0.6) is 5.75 Å². The van der Waals surface area contributed by atoms with Gasteiger partial charge < -0.3 is 4.52 Å². The molecule has 0 radical (unpaired) electrons. The lowest BCUT2D eigenvalue weighted by molar-refractivity contribution is 0.167. The topological polar surface area (TPSA) is 57.7 Å². The molecule has 0 saturated heterocycles. The summed E-state index contributed by atoms with van der Waals surface area (Å²) in [6.07, 6.45) is 1.51. The van der Waals surface area contributed by atoms with Crippen molar-refractivity contribution in [1.82, 2.24) is 4.98 Å². The van der Waals surface area contributed by atoms with Crippen LogP contribution < -0.4 is 4.52 Å². The Morgan fingerprint density at radius 1 is 1.16 bits per heavy atom. The Hall–Kier alpha value is -1.42. The number of fused-ring (bicyclic) bond motifs is 1. The van der Waals surface area contributed by atoms with Crippen molar-refractivity contribution in [2.24, 2.45) is 0 Å². The Morgan fingerprint density at radius 2 is 1.84 bits per heavy atom. The standard InChI is InChI=1S/C13H16NO4P/c1-3-16-19(15,17-4-2)18-12-9-11-7-5-6-8-13(11)14-10-12/h5-10H,3-4H2,1-2H3. The van der Waals surface area contributed by atoms with Crippen LogP contribution in [0.1, 0.15) is 13.8 Å². The Balaban J connectivity index is 2.26. The molecule has 0 amide bonds. The van der Waals surface area contributed by atoms with Crippen LogP contribution in [0, 0.1) is 0 Å². The van der Waals surface area contributed by atoms with Crippen molar-refractivity contribution in [3.05, 3.63) is 36.5 Å². The second kappa shape index (κ2) is 6.15. The molecule has 0 aliphatic carbocycles. The molecule has 1 heterocycles. The summed E-state index contributed by atoms with van der Waals surface area (Å²) in [6.45, 7) is 3.96. The average molecular weight is 281 g/mol. The van der Waals surface area contributed by atoms with Gasteiger partial charge in [0.15, 0.2) is 0 Å². The van der Waals surface area contributed by atoms with Gasteiger partial charge in [-0.25, -0.2) is 4.57 Å². The van der Waals surface area contributed by atoms with Crippen LogP contribution in [0.3, 0.4) is 0 Å². The largest absolute Gasteiger partial charge is 0.530 e. The maximum absolute atomic E-state index is 12.2. The Labute approximate surface area is 112 Å². The van der Waals surface area contributed by atoms with Crippen molar-refractivity contribution in [3.8, 4) is 5.75 Å². The summed E-state index contributed by atoms with van der Waals surface area (Å²) in [5.74, 6) is 0.365. The summed E-state index contributed by atoms with van der Waals surface area (Å²) >= 11 is 0. The number of phosphoric ester groups is 1. The first-order valence-electron chi connectivity index (χ1n) is 6.10. The molecule has 0 spiro atoms. The van der Waals surface area contributed by atoms with Gasteiger partial charge in [-0.3, -0.25) is 14.0 Å². The molecule has 1 aromatic heterocycles. The predicted octanol–water partition coefficient (Wildman–Crippen LogP) is 3.79. The number of aromatic nitrogens is 1. The molecule has 0 N–H and O–H groups in total. The first kappa shape index (κ1) is 14.0. The zero-order valence-electron chi connectivity index (χ0n) is 10.9. The first-order chi connectivity index (χ1) is 9.17. The number of nitrogens with zero attached hydrogens (tertiary/aromatic N) is 1. The van der Waals surface area contributed by atoms with E-state index in [2.05, 4.69) is 4.98 Å². The minimum atomic E-state index is -3.56. The highest BCUT2D eigenvalue weighted by Gasteiger charge is 2.27. The molecule has 1 aromatic carbocycles. The first-order valence-corrected chi connectivity index (χ1v) is 7.56. The van der Waals surface area contributed by atoms with Gasteiger partial charge in [-0.15, -0.1) is 0 Å². The molecule has 0 saturated carbocycles. The zero-order chi connectivity index (χ0) is 13.7. The third kappa shape index (κ3) is 3.53. The fourth-order valence-electron chi connectivity index (χ4n) is 1.64. The van der Waals surface area contributed by atoms with Gasteiger partial charge in [0, 0.05) is 5.39 Å². The minimum Gasteiger partial charge on any atom is -0.402 e. The number of rotatable bonds is 6. The van der Waals surface area contributed by atoms with Crippen molar-refractivity contribution in [1.29, 1.82) is 0 Å². The second-order valence-electron chi connectivity index (χ2n) is 3.74. The smallest absolute Gasteiger partial charge is 0.402 e. The molecule has 0 atom stereocenters. The van der Waals surface area contributed by atoms with Gasteiger partial charge in [0.25, 0.3) is 0 Å². The number of para-hydroxylation sites is 1. The van der Waals surface area contributed by atoms with Gasteiger partial charge in [-0.2, -0.15) is 0 Å². The molecule has 6 heteroatoms.